The molecule has 0 aromatic carbocycles. The van der Waals surface area contributed by atoms with Gasteiger partial charge in [0.15, 0.2) is 19.0 Å². The minimum Gasteiger partial charge on any atom is -0.428 e. The molecular formula is C25H43N5O6S. The van der Waals surface area contributed by atoms with Crippen molar-refractivity contribution in [3.05, 3.63) is 18.0 Å². The Morgan fingerprint density at radius 2 is 1.57 bits per heavy atom. The summed E-state index contributed by atoms with van der Waals surface area (Å²) in [5, 5.41) is 0. The lowest BCUT2D eigenvalue weighted by Gasteiger charge is -2.42. The van der Waals surface area contributed by atoms with Crippen molar-refractivity contribution in [1.82, 2.24) is 19.3 Å². The number of thiol groups is 1. The first kappa shape index (κ1) is 30.6. The molecule has 1 aromatic heterocycles. The number of unbranched alkanes of at least 4 members (excludes halogenated alkanes) is 2. The number of carbonyl (C=O) groups is 3. The van der Waals surface area contributed by atoms with Gasteiger partial charge < -0.3 is 33.5 Å². The van der Waals surface area contributed by atoms with Gasteiger partial charge in [-0.15, -0.1) is 12.6 Å². The Labute approximate surface area is 226 Å². The molecule has 0 saturated heterocycles. The number of aromatic nitrogens is 1. The average Bonchev–Trinajstić information content (AvgIpc) is 3.29. The van der Waals surface area contributed by atoms with E-state index in [9.17, 15) is 14.4 Å². The Balaban J connectivity index is 2.21. The fourth-order valence-electron chi connectivity index (χ4n) is 3.76. The summed E-state index contributed by atoms with van der Waals surface area (Å²) in [6.07, 6.45) is 4.43. The summed E-state index contributed by atoms with van der Waals surface area (Å²) in [4.78, 5) is 44.7. The summed E-state index contributed by atoms with van der Waals surface area (Å²) in [5.41, 5.74) is 0.299. The largest absolute Gasteiger partial charge is 0.428 e. The van der Waals surface area contributed by atoms with Crippen LogP contribution in [-0.4, -0.2) is 96.0 Å². The summed E-state index contributed by atoms with van der Waals surface area (Å²) in [5.74, 6) is -0.375. The van der Waals surface area contributed by atoms with E-state index in [1.54, 1.807) is 30.9 Å². The number of carbonyl (C=O) groups excluding carboxylic acids is 3. The summed E-state index contributed by atoms with van der Waals surface area (Å²) in [6, 6.07) is 1.79. The van der Waals surface area contributed by atoms with Crippen molar-refractivity contribution in [2.45, 2.75) is 71.7 Å². The van der Waals surface area contributed by atoms with Crippen LogP contribution < -0.4 is 4.90 Å². The highest BCUT2D eigenvalue weighted by atomic mass is 32.1. The van der Waals surface area contributed by atoms with Gasteiger partial charge in [-0.1, -0.05) is 26.7 Å². The van der Waals surface area contributed by atoms with Crippen molar-refractivity contribution < 1.29 is 28.6 Å². The average molecular weight is 542 g/mol. The maximum atomic E-state index is 13.6. The van der Waals surface area contributed by atoms with Crippen LogP contribution in [0, 0.1) is 0 Å². The lowest BCUT2D eigenvalue weighted by molar-refractivity contribution is 0.0279. The summed E-state index contributed by atoms with van der Waals surface area (Å²) >= 11 is 4.69. The van der Waals surface area contributed by atoms with Crippen LogP contribution in [0.4, 0.5) is 15.3 Å². The molecule has 12 heteroatoms. The number of nitrogens with zero attached hydrogens (tertiary/aromatic N) is 5. The van der Waals surface area contributed by atoms with Crippen molar-refractivity contribution in [1.29, 1.82) is 0 Å². The van der Waals surface area contributed by atoms with Crippen molar-refractivity contribution in [2.24, 2.45) is 0 Å². The fraction of sp³-hybridized carbons (Fsp3) is 0.720. The maximum absolute atomic E-state index is 13.6. The van der Waals surface area contributed by atoms with Gasteiger partial charge in [0, 0.05) is 39.9 Å². The number of rotatable bonds is 14. The number of ether oxygens (including phenoxy) is 3. The highest BCUT2D eigenvalue weighted by Crippen LogP contribution is 2.33. The second kappa shape index (κ2) is 15.0. The molecule has 0 aliphatic carbocycles. The van der Waals surface area contributed by atoms with Gasteiger partial charge >= 0.3 is 12.2 Å². The summed E-state index contributed by atoms with van der Waals surface area (Å²) in [7, 11) is 3.35. The third kappa shape index (κ3) is 8.46. The molecule has 1 aromatic rings. The summed E-state index contributed by atoms with van der Waals surface area (Å²) < 4.78 is 18.2. The normalized spacial score (nSPS) is 15.1. The zero-order valence-corrected chi connectivity index (χ0v) is 23.9. The number of anilines is 1. The van der Waals surface area contributed by atoms with Crippen LogP contribution in [0.2, 0.25) is 0 Å². The van der Waals surface area contributed by atoms with E-state index in [0.717, 1.165) is 25.7 Å². The Hall–Kier alpha value is -2.60. The molecule has 1 aliphatic rings. The predicted molar refractivity (Wildman–Crippen MR) is 145 cm³/mol. The lowest BCUT2D eigenvalue weighted by atomic mass is 10.2. The number of fused-ring (bicyclic) bond motifs is 1. The third-order valence-corrected chi connectivity index (χ3v) is 6.59. The van der Waals surface area contributed by atoms with Crippen molar-refractivity contribution in [3.8, 4) is 0 Å². The van der Waals surface area contributed by atoms with E-state index in [4.69, 9.17) is 26.8 Å². The molecule has 0 saturated carbocycles. The SMILES string of the molecule is CCCCN(C)C(=O)OCN1C(=O)c2c(ccn2COC(=O)N(C)CCCC)N(CCOC(C)C)C1S. The van der Waals surface area contributed by atoms with Crippen LogP contribution in [0.5, 0.6) is 0 Å². The van der Waals surface area contributed by atoms with Gasteiger partial charge in [0.1, 0.15) is 5.69 Å². The van der Waals surface area contributed by atoms with E-state index in [2.05, 4.69) is 6.92 Å². The second-order valence-electron chi connectivity index (χ2n) is 9.38. The Morgan fingerprint density at radius 1 is 1.00 bits per heavy atom. The number of amides is 3. The quantitative estimate of drug-likeness (QED) is 0.355. The minimum absolute atomic E-state index is 0.0497. The molecule has 0 spiro atoms. The molecule has 2 heterocycles. The van der Waals surface area contributed by atoms with Gasteiger partial charge in [-0.2, -0.15) is 0 Å². The van der Waals surface area contributed by atoms with Crippen LogP contribution in [0.3, 0.4) is 0 Å². The molecule has 0 fully saturated rings. The van der Waals surface area contributed by atoms with Crippen LogP contribution in [0.1, 0.15) is 63.9 Å². The first-order valence-electron chi connectivity index (χ1n) is 12.9. The van der Waals surface area contributed by atoms with Gasteiger partial charge in [-0.25, -0.2) is 9.59 Å². The van der Waals surface area contributed by atoms with Gasteiger partial charge in [0.25, 0.3) is 5.91 Å². The topological polar surface area (TPSA) is 96.8 Å². The Bertz CT molecular complexity index is 895. The lowest BCUT2D eigenvalue weighted by Crippen LogP contribution is -2.55. The van der Waals surface area contributed by atoms with E-state index in [0.29, 0.717) is 37.6 Å². The Kier molecular flexibility index (Phi) is 12.4. The van der Waals surface area contributed by atoms with E-state index in [1.807, 2.05) is 25.7 Å². The fourth-order valence-corrected chi connectivity index (χ4v) is 4.17. The molecule has 0 N–H and O–H groups in total. The van der Waals surface area contributed by atoms with Gasteiger partial charge in [-0.05, 0) is 32.8 Å². The first-order chi connectivity index (χ1) is 17.6. The zero-order chi connectivity index (χ0) is 27.5. The van der Waals surface area contributed by atoms with E-state index in [1.165, 1.54) is 14.7 Å². The van der Waals surface area contributed by atoms with Crippen molar-refractivity contribution >= 4 is 36.4 Å². The molecule has 0 bridgehead atoms. The molecule has 1 atom stereocenters. The molecule has 37 heavy (non-hydrogen) atoms. The molecule has 3 amide bonds. The highest BCUT2D eigenvalue weighted by Gasteiger charge is 2.39. The monoisotopic (exact) mass is 541 g/mol. The molecule has 1 unspecified atom stereocenters. The molecule has 0 radical (unpaired) electrons. The predicted octanol–water partition coefficient (Wildman–Crippen LogP) is 4.04. The van der Waals surface area contributed by atoms with Crippen LogP contribution in [-0.2, 0) is 20.9 Å². The van der Waals surface area contributed by atoms with Gasteiger partial charge in [0.2, 0.25) is 0 Å². The van der Waals surface area contributed by atoms with Gasteiger partial charge in [0.05, 0.1) is 18.4 Å². The highest BCUT2D eigenvalue weighted by molar-refractivity contribution is 7.81. The van der Waals surface area contributed by atoms with Crippen LogP contribution in [0.15, 0.2) is 12.3 Å². The standard InChI is InChI=1S/C25H43N5O6S/c1-7-9-12-26(5)24(32)35-17-28-14-11-20-21(28)22(31)30(18-36-25(33)27(6)13-10-8-2)23(37)29(20)15-16-34-19(3)4/h11,14,19,23,37H,7-10,12-13,15-18H2,1-6H3. The minimum atomic E-state index is -0.678. The molecule has 2 rings (SSSR count). The molecule has 1 aliphatic heterocycles. The summed E-state index contributed by atoms with van der Waals surface area (Å²) in [6.45, 7) is 9.63. The van der Waals surface area contributed by atoms with E-state index in [-0.39, 0.29) is 25.5 Å². The third-order valence-electron chi connectivity index (χ3n) is 6.03. The van der Waals surface area contributed by atoms with E-state index < -0.39 is 17.7 Å². The van der Waals surface area contributed by atoms with Crippen molar-refractivity contribution in [2.75, 3.05) is 52.0 Å². The smallest absolute Gasteiger partial charge is 0.411 e. The molecule has 11 nitrogen and oxygen atoms in total. The second-order valence-corrected chi connectivity index (χ2v) is 9.84. The van der Waals surface area contributed by atoms with E-state index >= 15 is 0 Å². The van der Waals surface area contributed by atoms with Crippen LogP contribution in [0.25, 0.3) is 0 Å². The molecule has 210 valence electrons. The van der Waals surface area contributed by atoms with Gasteiger partial charge in [-0.3, -0.25) is 9.69 Å². The zero-order valence-electron chi connectivity index (χ0n) is 23.0. The van der Waals surface area contributed by atoms with Crippen molar-refractivity contribution in [3.63, 3.8) is 0 Å². The number of hydrogen-bond acceptors (Lipinski definition) is 8. The maximum Gasteiger partial charge on any atom is 0.411 e. The first-order valence-corrected chi connectivity index (χ1v) is 13.5. The Morgan fingerprint density at radius 3 is 2.11 bits per heavy atom. The van der Waals surface area contributed by atoms with Crippen LogP contribution >= 0.6 is 12.6 Å². The number of hydrogen-bond donors (Lipinski definition) is 1. The molecular weight excluding hydrogens is 498 g/mol.